The van der Waals surface area contributed by atoms with Gasteiger partial charge in [0.1, 0.15) is 6.10 Å². The number of rotatable bonds is 4. The Bertz CT molecular complexity index is 416. The Kier molecular flexibility index (Phi) is 7.35. The van der Waals surface area contributed by atoms with E-state index < -0.39 is 0 Å². The van der Waals surface area contributed by atoms with Crippen molar-refractivity contribution in [1.29, 1.82) is 0 Å². The molecule has 1 unspecified atom stereocenters. The van der Waals surface area contributed by atoms with Gasteiger partial charge in [-0.05, 0) is 57.1 Å². The van der Waals surface area contributed by atoms with Crippen LogP contribution < -0.4 is 12.4 Å². The maximum absolute atomic E-state index is 11.9. The van der Waals surface area contributed by atoms with Crippen LogP contribution in [-0.4, -0.2) is 36.6 Å². The van der Waals surface area contributed by atoms with E-state index >= 15 is 0 Å². The lowest BCUT2D eigenvalue weighted by Crippen LogP contribution is -3.00. The largest absolute Gasteiger partial charge is 1.00 e. The second-order valence-electron chi connectivity index (χ2n) is 5.08. The van der Waals surface area contributed by atoms with Gasteiger partial charge in [-0.2, -0.15) is 0 Å². The van der Waals surface area contributed by atoms with Crippen LogP contribution in [-0.2, 0) is 4.74 Å². The van der Waals surface area contributed by atoms with Gasteiger partial charge in [-0.25, -0.2) is 4.79 Å². The monoisotopic (exact) mass is 316 g/mol. The van der Waals surface area contributed by atoms with Gasteiger partial charge in [-0.1, -0.05) is 18.0 Å². The van der Waals surface area contributed by atoms with Gasteiger partial charge < -0.3 is 17.1 Å². The van der Waals surface area contributed by atoms with Crippen LogP contribution in [0, 0.1) is 0 Å². The molecule has 0 amide bonds. The van der Waals surface area contributed by atoms with E-state index in [-0.39, 0.29) is 24.5 Å². The number of hydrogen-bond donors (Lipinski definition) is 0. The molecule has 0 aliphatic carbocycles. The summed E-state index contributed by atoms with van der Waals surface area (Å²) in [6.45, 7) is 4.99. The van der Waals surface area contributed by atoms with Crippen LogP contribution in [0.25, 0.3) is 0 Å². The van der Waals surface area contributed by atoms with Crippen molar-refractivity contribution in [2.24, 2.45) is 0 Å². The lowest BCUT2D eigenvalue weighted by Gasteiger charge is -2.28. The molecule has 5 heteroatoms. The lowest BCUT2D eigenvalue weighted by atomic mass is 10.1. The van der Waals surface area contributed by atoms with E-state index in [1.54, 1.807) is 24.3 Å². The number of benzene rings is 1. The average Bonchev–Trinajstić information content (AvgIpc) is 2.40. The summed E-state index contributed by atoms with van der Waals surface area (Å²) in [6, 6.07) is 6.79. The molecule has 1 aliphatic heterocycles. The second kappa shape index (κ2) is 8.50. The number of hydrogen-bond acceptors (Lipinski definition) is 3. The van der Waals surface area contributed by atoms with Crippen LogP contribution in [0.4, 0.5) is 0 Å². The van der Waals surface area contributed by atoms with E-state index in [0.29, 0.717) is 10.6 Å². The molecule has 1 aromatic carbocycles. The SMILES string of the molecule is CC(CN1CCCCC1)OC(=O)c1ccc(Cl)cc1.[Cl-]. The van der Waals surface area contributed by atoms with Gasteiger partial charge in [0.15, 0.2) is 0 Å². The third kappa shape index (κ3) is 5.31. The summed E-state index contributed by atoms with van der Waals surface area (Å²) in [5.74, 6) is -0.277. The molecule has 0 spiro atoms. The molecule has 20 heavy (non-hydrogen) atoms. The molecule has 1 aromatic rings. The molecule has 2 rings (SSSR count). The quantitative estimate of drug-likeness (QED) is 0.752. The maximum atomic E-state index is 11.9. The summed E-state index contributed by atoms with van der Waals surface area (Å²) in [7, 11) is 0. The minimum atomic E-state index is -0.277. The average molecular weight is 317 g/mol. The fourth-order valence-electron chi connectivity index (χ4n) is 2.38. The number of nitrogens with zero attached hydrogens (tertiary/aromatic N) is 1. The fourth-order valence-corrected chi connectivity index (χ4v) is 2.51. The zero-order valence-electron chi connectivity index (χ0n) is 11.6. The van der Waals surface area contributed by atoms with Crippen molar-refractivity contribution in [2.75, 3.05) is 19.6 Å². The topological polar surface area (TPSA) is 29.5 Å². The Balaban J connectivity index is 0.00000200. The third-order valence-corrected chi connectivity index (χ3v) is 3.60. The number of halogens is 2. The molecular formula is C15H20Cl2NO2-. The van der Waals surface area contributed by atoms with Gasteiger partial charge in [0.2, 0.25) is 0 Å². The first-order chi connectivity index (χ1) is 9.15. The summed E-state index contributed by atoms with van der Waals surface area (Å²) in [4.78, 5) is 14.3. The first-order valence-corrected chi connectivity index (χ1v) is 7.22. The van der Waals surface area contributed by atoms with Crippen LogP contribution >= 0.6 is 11.6 Å². The van der Waals surface area contributed by atoms with Crippen LogP contribution in [0.15, 0.2) is 24.3 Å². The van der Waals surface area contributed by atoms with Crippen molar-refractivity contribution in [3.63, 3.8) is 0 Å². The number of likely N-dealkylation sites (tertiary alicyclic amines) is 1. The maximum Gasteiger partial charge on any atom is 0.338 e. The van der Waals surface area contributed by atoms with Crippen molar-refractivity contribution in [2.45, 2.75) is 32.3 Å². The highest BCUT2D eigenvalue weighted by Crippen LogP contribution is 2.13. The minimum absolute atomic E-state index is 0. The Morgan fingerprint density at radius 2 is 1.85 bits per heavy atom. The molecule has 1 saturated heterocycles. The summed E-state index contributed by atoms with van der Waals surface area (Å²) < 4.78 is 5.46. The normalized spacial score (nSPS) is 17.1. The zero-order valence-corrected chi connectivity index (χ0v) is 13.2. The Labute approximate surface area is 131 Å². The molecule has 1 fully saturated rings. The summed E-state index contributed by atoms with van der Waals surface area (Å²) >= 11 is 5.79. The molecular weight excluding hydrogens is 297 g/mol. The van der Waals surface area contributed by atoms with Gasteiger partial charge in [-0.15, -0.1) is 0 Å². The van der Waals surface area contributed by atoms with E-state index in [1.165, 1.54) is 19.3 Å². The van der Waals surface area contributed by atoms with Crippen molar-refractivity contribution < 1.29 is 21.9 Å². The number of carbonyl (C=O) groups is 1. The highest BCUT2D eigenvalue weighted by molar-refractivity contribution is 6.30. The van der Waals surface area contributed by atoms with Crippen LogP contribution in [0.3, 0.4) is 0 Å². The molecule has 112 valence electrons. The van der Waals surface area contributed by atoms with E-state index in [0.717, 1.165) is 19.6 Å². The predicted molar refractivity (Wildman–Crippen MR) is 76.6 cm³/mol. The van der Waals surface area contributed by atoms with Gasteiger partial charge in [0.25, 0.3) is 0 Å². The zero-order chi connectivity index (χ0) is 13.7. The van der Waals surface area contributed by atoms with Crippen molar-refractivity contribution >= 4 is 17.6 Å². The van der Waals surface area contributed by atoms with E-state index in [4.69, 9.17) is 16.3 Å². The van der Waals surface area contributed by atoms with Crippen molar-refractivity contribution in [3.8, 4) is 0 Å². The molecule has 1 heterocycles. The van der Waals surface area contributed by atoms with Crippen LogP contribution in [0.5, 0.6) is 0 Å². The van der Waals surface area contributed by atoms with Gasteiger partial charge in [-0.3, -0.25) is 4.90 Å². The fraction of sp³-hybridized carbons (Fsp3) is 0.533. The molecule has 0 N–H and O–H groups in total. The highest BCUT2D eigenvalue weighted by atomic mass is 35.5. The highest BCUT2D eigenvalue weighted by Gasteiger charge is 2.17. The molecule has 3 nitrogen and oxygen atoms in total. The Morgan fingerprint density at radius 3 is 2.45 bits per heavy atom. The molecule has 1 atom stereocenters. The predicted octanol–water partition coefficient (Wildman–Crippen LogP) is 0.375. The van der Waals surface area contributed by atoms with E-state index in [9.17, 15) is 4.79 Å². The summed E-state index contributed by atoms with van der Waals surface area (Å²) in [6.07, 6.45) is 3.73. The first kappa shape index (κ1) is 17.3. The lowest BCUT2D eigenvalue weighted by molar-refractivity contribution is -0.0000436. The number of ether oxygens (including phenoxy) is 1. The van der Waals surface area contributed by atoms with Crippen molar-refractivity contribution in [1.82, 2.24) is 4.90 Å². The second-order valence-corrected chi connectivity index (χ2v) is 5.52. The van der Waals surface area contributed by atoms with Crippen LogP contribution in [0.2, 0.25) is 5.02 Å². The number of carbonyl (C=O) groups excluding carboxylic acids is 1. The van der Waals surface area contributed by atoms with Gasteiger partial charge in [0.05, 0.1) is 5.56 Å². The summed E-state index contributed by atoms with van der Waals surface area (Å²) in [5, 5.41) is 0.623. The Morgan fingerprint density at radius 1 is 1.25 bits per heavy atom. The Hall–Kier alpha value is -0.770. The minimum Gasteiger partial charge on any atom is -1.00 e. The third-order valence-electron chi connectivity index (χ3n) is 3.35. The number of piperidine rings is 1. The van der Waals surface area contributed by atoms with Gasteiger partial charge >= 0.3 is 5.97 Å². The summed E-state index contributed by atoms with van der Waals surface area (Å²) in [5.41, 5.74) is 0.551. The molecule has 0 aromatic heterocycles. The first-order valence-electron chi connectivity index (χ1n) is 6.84. The van der Waals surface area contributed by atoms with Crippen molar-refractivity contribution in [3.05, 3.63) is 34.9 Å². The molecule has 0 radical (unpaired) electrons. The molecule has 0 bridgehead atoms. The van der Waals surface area contributed by atoms with Crippen LogP contribution in [0.1, 0.15) is 36.5 Å². The number of esters is 1. The van der Waals surface area contributed by atoms with E-state index in [2.05, 4.69) is 4.90 Å². The standard InChI is InChI=1S/C15H20ClNO2.ClH/c1-12(11-17-9-3-2-4-10-17)19-15(18)13-5-7-14(16)8-6-13;/h5-8,12H,2-4,9-11H2,1H3;1H/p-1. The smallest absolute Gasteiger partial charge is 0.338 e. The van der Waals surface area contributed by atoms with Gasteiger partial charge in [0, 0.05) is 11.6 Å². The molecule has 0 saturated carbocycles. The van der Waals surface area contributed by atoms with E-state index in [1.807, 2.05) is 6.92 Å². The molecule has 1 aliphatic rings.